The largest absolute Gasteiger partial charge is 0.492 e. The SMILES string of the molecule is CC(=O)N1CC[C@@H](NC(=O)c2c(C)[nH]c3c(-c4c(OCC5CC5)ccc5c4OCO5)ncnc23)C1. The second-order valence-electron chi connectivity index (χ2n) is 9.42. The first-order valence-corrected chi connectivity index (χ1v) is 11.9. The zero-order valence-electron chi connectivity index (χ0n) is 19.7. The number of hydrogen-bond acceptors (Lipinski definition) is 7. The van der Waals surface area contributed by atoms with Crippen molar-refractivity contribution in [3.8, 4) is 28.5 Å². The molecule has 35 heavy (non-hydrogen) atoms. The number of nitrogens with one attached hydrogen (secondary N) is 2. The number of benzene rings is 1. The summed E-state index contributed by atoms with van der Waals surface area (Å²) in [4.78, 5) is 39.0. The van der Waals surface area contributed by atoms with E-state index in [1.54, 1.807) is 11.8 Å². The number of carbonyl (C=O) groups excluding carboxylic acids is 2. The Labute approximate surface area is 202 Å². The van der Waals surface area contributed by atoms with Gasteiger partial charge in [0.2, 0.25) is 12.7 Å². The molecule has 182 valence electrons. The van der Waals surface area contributed by atoms with Crippen LogP contribution in [0.5, 0.6) is 17.2 Å². The summed E-state index contributed by atoms with van der Waals surface area (Å²) in [5, 5.41) is 3.07. The predicted molar refractivity (Wildman–Crippen MR) is 127 cm³/mol. The van der Waals surface area contributed by atoms with Crippen LogP contribution in [0.2, 0.25) is 0 Å². The Hall–Kier alpha value is -3.82. The summed E-state index contributed by atoms with van der Waals surface area (Å²) in [6.07, 6.45) is 4.53. The van der Waals surface area contributed by atoms with Crippen molar-refractivity contribution in [2.45, 2.75) is 39.2 Å². The lowest BCUT2D eigenvalue weighted by molar-refractivity contribution is -0.127. The van der Waals surface area contributed by atoms with E-state index in [4.69, 9.17) is 14.2 Å². The first kappa shape index (κ1) is 21.7. The van der Waals surface area contributed by atoms with Gasteiger partial charge in [-0.1, -0.05) is 0 Å². The van der Waals surface area contributed by atoms with Gasteiger partial charge in [0.05, 0.1) is 23.3 Å². The lowest BCUT2D eigenvalue weighted by Crippen LogP contribution is -2.38. The van der Waals surface area contributed by atoms with E-state index < -0.39 is 0 Å². The van der Waals surface area contributed by atoms with Crippen molar-refractivity contribution in [3.63, 3.8) is 0 Å². The molecular formula is C25H27N5O5. The summed E-state index contributed by atoms with van der Waals surface area (Å²) in [6, 6.07) is 3.63. The van der Waals surface area contributed by atoms with Crippen molar-refractivity contribution in [2.24, 2.45) is 5.92 Å². The van der Waals surface area contributed by atoms with Crippen LogP contribution in [0.4, 0.5) is 0 Å². The molecule has 6 rings (SSSR count). The number of rotatable bonds is 6. The molecule has 3 aliphatic rings. The Kier molecular flexibility index (Phi) is 5.23. The molecule has 2 fully saturated rings. The molecule has 4 heterocycles. The van der Waals surface area contributed by atoms with Gasteiger partial charge < -0.3 is 29.4 Å². The van der Waals surface area contributed by atoms with E-state index in [2.05, 4.69) is 20.3 Å². The third-order valence-corrected chi connectivity index (χ3v) is 6.88. The minimum Gasteiger partial charge on any atom is -0.492 e. The van der Waals surface area contributed by atoms with Crippen LogP contribution in [0.25, 0.3) is 22.3 Å². The highest BCUT2D eigenvalue weighted by molar-refractivity contribution is 6.09. The predicted octanol–water partition coefficient (Wildman–Crippen LogP) is 2.80. The van der Waals surface area contributed by atoms with Crippen molar-refractivity contribution >= 4 is 22.8 Å². The molecule has 0 bridgehead atoms. The topological polar surface area (TPSA) is 119 Å². The van der Waals surface area contributed by atoms with Crippen molar-refractivity contribution < 1.29 is 23.8 Å². The number of fused-ring (bicyclic) bond motifs is 2. The van der Waals surface area contributed by atoms with Crippen molar-refractivity contribution in [1.29, 1.82) is 0 Å². The number of nitrogens with zero attached hydrogens (tertiary/aromatic N) is 3. The molecule has 2 amide bonds. The molecule has 1 atom stereocenters. The molecule has 3 aromatic rings. The molecule has 1 aliphatic carbocycles. The maximum atomic E-state index is 13.3. The number of aromatic nitrogens is 3. The van der Waals surface area contributed by atoms with E-state index in [1.165, 1.54) is 19.2 Å². The highest BCUT2D eigenvalue weighted by atomic mass is 16.7. The lowest BCUT2D eigenvalue weighted by atomic mass is 10.1. The van der Waals surface area contributed by atoms with E-state index in [9.17, 15) is 9.59 Å². The summed E-state index contributed by atoms with van der Waals surface area (Å²) >= 11 is 0. The zero-order chi connectivity index (χ0) is 24.1. The van der Waals surface area contributed by atoms with E-state index in [-0.39, 0.29) is 24.6 Å². The third kappa shape index (κ3) is 3.92. The molecule has 0 radical (unpaired) electrons. The Morgan fingerprint density at radius 1 is 1.23 bits per heavy atom. The van der Waals surface area contributed by atoms with Gasteiger partial charge in [0.25, 0.3) is 5.91 Å². The monoisotopic (exact) mass is 477 g/mol. The normalized spacial score (nSPS) is 18.8. The number of aromatic amines is 1. The molecule has 0 spiro atoms. The minimum absolute atomic E-state index is 0.0173. The number of hydrogen-bond donors (Lipinski definition) is 2. The number of carbonyl (C=O) groups is 2. The van der Waals surface area contributed by atoms with Gasteiger partial charge in [0.15, 0.2) is 11.5 Å². The second kappa shape index (κ2) is 8.44. The Morgan fingerprint density at radius 3 is 2.86 bits per heavy atom. The van der Waals surface area contributed by atoms with Gasteiger partial charge in [-0.15, -0.1) is 0 Å². The van der Waals surface area contributed by atoms with Crippen LogP contribution in [0.3, 0.4) is 0 Å². The summed E-state index contributed by atoms with van der Waals surface area (Å²) in [7, 11) is 0. The molecule has 1 saturated heterocycles. The molecule has 2 aromatic heterocycles. The van der Waals surface area contributed by atoms with Gasteiger partial charge in [0.1, 0.15) is 23.3 Å². The van der Waals surface area contributed by atoms with Crippen LogP contribution in [-0.2, 0) is 4.79 Å². The number of likely N-dealkylation sites (tertiary alicyclic amines) is 1. The standard InChI is InChI=1S/C25H27N5O5/c1-13-19(25(32)29-16-7-8-30(9-16)14(2)31)21-23(28-13)22(27-11-26-21)20-17(33-10-15-3-4-15)5-6-18-24(20)35-12-34-18/h5-6,11,15-16,28H,3-4,7-10,12H2,1-2H3,(H,29,32)/t16-/m1/s1. The highest BCUT2D eigenvalue weighted by Crippen LogP contribution is 2.48. The Balaban J connectivity index is 1.37. The maximum Gasteiger partial charge on any atom is 0.255 e. The first-order chi connectivity index (χ1) is 17.0. The molecule has 1 aromatic carbocycles. The number of H-pyrrole nitrogens is 1. The van der Waals surface area contributed by atoms with Crippen LogP contribution < -0.4 is 19.5 Å². The van der Waals surface area contributed by atoms with Gasteiger partial charge in [-0.3, -0.25) is 9.59 Å². The van der Waals surface area contributed by atoms with Crippen LogP contribution in [0, 0.1) is 12.8 Å². The van der Waals surface area contributed by atoms with Crippen LogP contribution in [-0.4, -0.2) is 64.2 Å². The van der Waals surface area contributed by atoms with Crippen molar-refractivity contribution in [1.82, 2.24) is 25.2 Å². The molecule has 1 saturated carbocycles. The van der Waals surface area contributed by atoms with Crippen LogP contribution in [0.1, 0.15) is 42.2 Å². The van der Waals surface area contributed by atoms with Crippen molar-refractivity contribution in [3.05, 3.63) is 29.7 Å². The molecular weight excluding hydrogens is 450 g/mol. The highest BCUT2D eigenvalue weighted by Gasteiger charge is 2.31. The Morgan fingerprint density at radius 2 is 2.09 bits per heavy atom. The summed E-state index contributed by atoms with van der Waals surface area (Å²) < 4.78 is 17.6. The van der Waals surface area contributed by atoms with Gasteiger partial charge in [-0.2, -0.15) is 0 Å². The van der Waals surface area contributed by atoms with E-state index >= 15 is 0 Å². The first-order valence-electron chi connectivity index (χ1n) is 11.9. The smallest absolute Gasteiger partial charge is 0.255 e. The fourth-order valence-electron chi connectivity index (χ4n) is 4.80. The molecule has 2 aliphatic heterocycles. The average molecular weight is 478 g/mol. The molecule has 0 unspecified atom stereocenters. The lowest BCUT2D eigenvalue weighted by Gasteiger charge is -2.15. The second-order valence-corrected chi connectivity index (χ2v) is 9.42. The van der Waals surface area contributed by atoms with Gasteiger partial charge in [0, 0.05) is 31.7 Å². The molecule has 2 N–H and O–H groups in total. The molecule has 10 nitrogen and oxygen atoms in total. The van der Waals surface area contributed by atoms with E-state index in [1.807, 2.05) is 19.1 Å². The van der Waals surface area contributed by atoms with Gasteiger partial charge >= 0.3 is 0 Å². The van der Waals surface area contributed by atoms with Crippen molar-refractivity contribution in [2.75, 3.05) is 26.5 Å². The minimum atomic E-state index is -0.225. The van der Waals surface area contributed by atoms with Crippen LogP contribution >= 0.6 is 0 Å². The maximum absolute atomic E-state index is 13.3. The van der Waals surface area contributed by atoms with Gasteiger partial charge in [-0.25, -0.2) is 9.97 Å². The van der Waals surface area contributed by atoms with Gasteiger partial charge in [-0.05, 0) is 44.2 Å². The summed E-state index contributed by atoms with van der Waals surface area (Å²) in [5.41, 5.74) is 3.59. The summed E-state index contributed by atoms with van der Waals surface area (Å²) in [6.45, 7) is 5.30. The number of aryl methyl sites for hydroxylation is 1. The molecule has 10 heteroatoms. The van der Waals surface area contributed by atoms with Crippen LogP contribution in [0.15, 0.2) is 18.5 Å². The quantitative estimate of drug-likeness (QED) is 0.560. The number of amides is 2. The van der Waals surface area contributed by atoms with E-state index in [0.29, 0.717) is 76.4 Å². The fourth-order valence-corrected chi connectivity index (χ4v) is 4.80. The number of ether oxygens (including phenoxy) is 3. The third-order valence-electron chi connectivity index (χ3n) is 6.88. The Bertz CT molecular complexity index is 1330. The fraction of sp³-hybridized carbons (Fsp3) is 0.440. The summed E-state index contributed by atoms with van der Waals surface area (Å²) in [5.74, 6) is 2.24. The average Bonchev–Trinajstić information content (AvgIpc) is 3.19. The van der Waals surface area contributed by atoms with E-state index in [0.717, 1.165) is 6.42 Å². The zero-order valence-corrected chi connectivity index (χ0v) is 19.7.